The molecule has 0 spiro atoms. The van der Waals surface area contributed by atoms with Gasteiger partial charge in [0.2, 0.25) is 0 Å². The van der Waals surface area contributed by atoms with Gasteiger partial charge in [-0.25, -0.2) is 0 Å². The molecule has 2 aromatic carbocycles. The molecule has 2 atom stereocenters. The zero-order chi connectivity index (χ0) is 20.4. The Kier molecular flexibility index (Phi) is 5.74. The highest BCUT2D eigenvalue weighted by molar-refractivity contribution is 6.31. The van der Waals surface area contributed by atoms with Crippen molar-refractivity contribution >= 4 is 29.1 Å². The lowest BCUT2D eigenvalue weighted by Crippen LogP contribution is -2.40. The Balaban J connectivity index is 1.44. The Morgan fingerprint density at radius 3 is 2.90 bits per heavy atom. The Bertz CT molecular complexity index is 919. The summed E-state index contributed by atoms with van der Waals surface area (Å²) < 4.78 is 5.68. The van der Waals surface area contributed by atoms with Crippen molar-refractivity contribution in [3.05, 3.63) is 58.6 Å². The highest BCUT2D eigenvalue weighted by atomic mass is 35.5. The van der Waals surface area contributed by atoms with Crippen molar-refractivity contribution in [3.8, 4) is 5.75 Å². The zero-order valence-electron chi connectivity index (χ0n) is 16.3. The number of rotatable bonds is 5. The van der Waals surface area contributed by atoms with Gasteiger partial charge in [0.15, 0.2) is 11.9 Å². The van der Waals surface area contributed by atoms with Crippen LogP contribution >= 0.6 is 11.6 Å². The van der Waals surface area contributed by atoms with Gasteiger partial charge in [0.1, 0.15) is 0 Å². The third kappa shape index (κ3) is 4.38. The fraction of sp³-hybridized carbons (Fsp3) is 0.364. The lowest BCUT2D eigenvalue weighted by molar-refractivity contribution is -0.122. The summed E-state index contributed by atoms with van der Waals surface area (Å²) in [4.78, 5) is 27.2. The van der Waals surface area contributed by atoms with Crippen molar-refractivity contribution in [2.75, 3.05) is 18.4 Å². The monoisotopic (exact) mass is 413 g/mol. The number of hydrogen-bond acceptors (Lipinski definition) is 4. The van der Waals surface area contributed by atoms with E-state index in [0.29, 0.717) is 28.6 Å². The molecule has 0 aliphatic carbocycles. The van der Waals surface area contributed by atoms with Gasteiger partial charge >= 0.3 is 0 Å². The first kappa shape index (κ1) is 19.7. The van der Waals surface area contributed by atoms with E-state index in [1.165, 1.54) is 5.56 Å². The van der Waals surface area contributed by atoms with Crippen LogP contribution in [0.1, 0.15) is 35.7 Å². The zero-order valence-corrected chi connectivity index (χ0v) is 17.0. The number of carbonyl (C=O) groups is 2. The van der Waals surface area contributed by atoms with Gasteiger partial charge in [-0.3, -0.25) is 14.5 Å². The van der Waals surface area contributed by atoms with E-state index in [1.807, 2.05) is 18.2 Å². The molecule has 1 saturated heterocycles. The van der Waals surface area contributed by atoms with Crippen LogP contribution in [0.25, 0.3) is 0 Å². The molecule has 2 aliphatic heterocycles. The molecule has 6 nitrogen and oxygen atoms in total. The van der Waals surface area contributed by atoms with Crippen molar-refractivity contribution < 1.29 is 14.3 Å². The number of amides is 2. The van der Waals surface area contributed by atoms with Crippen molar-refractivity contribution in [3.63, 3.8) is 0 Å². The van der Waals surface area contributed by atoms with Crippen LogP contribution in [-0.2, 0) is 11.3 Å². The number of carbonyl (C=O) groups excluding carboxylic acids is 2. The molecule has 2 amide bonds. The van der Waals surface area contributed by atoms with Crippen LogP contribution in [0, 0.1) is 0 Å². The number of anilines is 1. The number of ether oxygens (including phenoxy) is 1. The summed E-state index contributed by atoms with van der Waals surface area (Å²) in [5.41, 5.74) is 2.04. The maximum absolute atomic E-state index is 12.9. The van der Waals surface area contributed by atoms with Crippen molar-refractivity contribution in [2.24, 2.45) is 0 Å². The summed E-state index contributed by atoms with van der Waals surface area (Å²) in [5, 5.41) is 6.14. The Morgan fingerprint density at radius 2 is 2.10 bits per heavy atom. The third-order valence-electron chi connectivity index (χ3n) is 5.45. The highest BCUT2D eigenvalue weighted by Gasteiger charge is 2.30. The number of likely N-dealkylation sites (tertiary alicyclic amines) is 1. The second kappa shape index (κ2) is 8.43. The van der Waals surface area contributed by atoms with Gasteiger partial charge in [-0.1, -0.05) is 41.9 Å². The van der Waals surface area contributed by atoms with Crippen molar-refractivity contribution in [1.29, 1.82) is 0 Å². The molecule has 0 saturated carbocycles. The van der Waals surface area contributed by atoms with Crippen LogP contribution in [0.5, 0.6) is 5.75 Å². The Hall–Kier alpha value is -2.57. The summed E-state index contributed by atoms with van der Waals surface area (Å²) in [5.74, 6) is -0.140. The van der Waals surface area contributed by atoms with E-state index in [2.05, 4.69) is 27.7 Å². The number of benzene rings is 2. The van der Waals surface area contributed by atoms with Crippen LogP contribution < -0.4 is 15.4 Å². The summed E-state index contributed by atoms with van der Waals surface area (Å²) in [6, 6.07) is 13.8. The average molecular weight is 414 g/mol. The molecular formula is C22H24ClN3O3. The van der Waals surface area contributed by atoms with E-state index < -0.39 is 6.10 Å². The smallest absolute Gasteiger partial charge is 0.265 e. The van der Waals surface area contributed by atoms with Crippen LogP contribution in [0.3, 0.4) is 0 Å². The van der Waals surface area contributed by atoms with Gasteiger partial charge < -0.3 is 15.4 Å². The van der Waals surface area contributed by atoms with Gasteiger partial charge in [-0.15, -0.1) is 0 Å². The first-order valence-electron chi connectivity index (χ1n) is 9.88. The standard InChI is InChI=1S/C22H24ClN3O3/c1-14-21(27)25-19-11-16(23)10-18(20(19)29-14)22(28)24-12-17-8-5-9-26(17)13-15-6-3-2-4-7-15/h2-4,6-7,10-11,14,17H,5,8-9,12-13H2,1H3,(H,24,28)(H,25,27). The molecular weight excluding hydrogens is 390 g/mol. The fourth-order valence-corrected chi connectivity index (χ4v) is 4.12. The van der Waals surface area contributed by atoms with Crippen LogP contribution in [0.4, 0.5) is 5.69 Å². The molecule has 4 rings (SSSR count). The Morgan fingerprint density at radius 1 is 1.31 bits per heavy atom. The highest BCUT2D eigenvalue weighted by Crippen LogP contribution is 2.36. The van der Waals surface area contributed by atoms with E-state index in [9.17, 15) is 9.59 Å². The number of fused-ring (bicyclic) bond motifs is 1. The lowest BCUT2D eigenvalue weighted by Gasteiger charge is -2.27. The number of nitrogens with zero attached hydrogens (tertiary/aromatic N) is 1. The first-order valence-corrected chi connectivity index (χ1v) is 10.3. The minimum atomic E-state index is -0.661. The largest absolute Gasteiger partial charge is 0.478 e. The normalized spacial score (nSPS) is 21.2. The molecule has 2 aliphatic rings. The summed E-state index contributed by atoms with van der Waals surface area (Å²) in [6.07, 6.45) is 1.50. The van der Waals surface area contributed by atoms with Crippen LogP contribution in [0.2, 0.25) is 5.02 Å². The molecule has 1 fully saturated rings. The molecule has 152 valence electrons. The SMILES string of the molecule is CC1Oc2c(cc(Cl)cc2C(=O)NCC2CCCN2Cc2ccccc2)NC1=O. The van der Waals surface area contributed by atoms with E-state index >= 15 is 0 Å². The maximum atomic E-state index is 12.9. The predicted molar refractivity (Wildman–Crippen MR) is 112 cm³/mol. The van der Waals surface area contributed by atoms with Gasteiger partial charge in [0.05, 0.1) is 11.3 Å². The molecule has 2 N–H and O–H groups in total. The summed E-state index contributed by atoms with van der Waals surface area (Å²) in [6.45, 7) is 4.10. The average Bonchev–Trinajstić information content (AvgIpc) is 3.14. The second-order valence-corrected chi connectivity index (χ2v) is 7.98. The Labute approximate surface area is 175 Å². The quantitative estimate of drug-likeness (QED) is 0.787. The van der Waals surface area contributed by atoms with Gasteiger partial charge in [-0.05, 0) is 44.0 Å². The molecule has 2 aromatic rings. The number of nitrogens with one attached hydrogen (secondary N) is 2. The molecule has 0 bridgehead atoms. The third-order valence-corrected chi connectivity index (χ3v) is 5.66. The van der Waals surface area contributed by atoms with E-state index in [1.54, 1.807) is 19.1 Å². The first-order chi connectivity index (χ1) is 14.0. The van der Waals surface area contributed by atoms with Gasteiger partial charge in [0, 0.05) is 24.2 Å². The molecule has 2 heterocycles. The minimum absolute atomic E-state index is 0.251. The van der Waals surface area contributed by atoms with Crippen LogP contribution in [-0.4, -0.2) is 41.9 Å². The van der Waals surface area contributed by atoms with Crippen molar-refractivity contribution in [2.45, 2.75) is 38.5 Å². The topological polar surface area (TPSA) is 70.7 Å². The molecule has 2 unspecified atom stereocenters. The van der Waals surface area contributed by atoms with Gasteiger partial charge in [-0.2, -0.15) is 0 Å². The molecule has 7 heteroatoms. The molecule has 29 heavy (non-hydrogen) atoms. The van der Waals surface area contributed by atoms with E-state index in [4.69, 9.17) is 16.3 Å². The fourth-order valence-electron chi connectivity index (χ4n) is 3.90. The van der Waals surface area contributed by atoms with E-state index in [-0.39, 0.29) is 17.9 Å². The van der Waals surface area contributed by atoms with Gasteiger partial charge in [0.25, 0.3) is 11.8 Å². The molecule has 0 aromatic heterocycles. The van der Waals surface area contributed by atoms with E-state index in [0.717, 1.165) is 25.9 Å². The maximum Gasteiger partial charge on any atom is 0.265 e. The minimum Gasteiger partial charge on any atom is -0.478 e. The number of halogens is 1. The molecule has 0 radical (unpaired) electrons. The number of hydrogen-bond donors (Lipinski definition) is 2. The lowest BCUT2D eigenvalue weighted by atomic mass is 10.1. The van der Waals surface area contributed by atoms with Crippen molar-refractivity contribution in [1.82, 2.24) is 10.2 Å². The predicted octanol–water partition coefficient (Wildman–Crippen LogP) is 3.45. The second-order valence-electron chi connectivity index (χ2n) is 7.54. The summed E-state index contributed by atoms with van der Waals surface area (Å²) in [7, 11) is 0. The summed E-state index contributed by atoms with van der Waals surface area (Å²) >= 11 is 6.16. The van der Waals surface area contributed by atoms with Crippen LogP contribution in [0.15, 0.2) is 42.5 Å².